The number of carboxylic acid groups (broad SMARTS) is 1. The van der Waals surface area contributed by atoms with E-state index in [0.717, 1.165) is 0 Å². The Hall–Kier alpha value is -1.82. The molecule has 0 amide bonds. The van der Waals surface area contributed by atoms with Crippen molar-refractivity contribution < 1.29 is 14.6 Å². The molecule has 0 fully saturated rings. The number of anilines is 2. The van der Waals surface area contributed by atoms with Crippen molar-refractivity contribution in [2.45, 2.75) is 6.92 Å². The molecule has 1 heterocycles. The first-order valence-electron chi connectivity index (χ1n) is 5.27. The minimum atomic E-state index is -1.07. The Balaban J connectivity index is 2.69. The van der Waals surface area contributed by atoms with Gasteiger partial charge in [0.1, 0.15) is 5.82 Å². The highest BCUT2D eigenvalue weighted by molar-refractivity contribution is 5.86. The van der Waals surface area contributed by atoms with E-state index in [4.69, 9.17) is 15.6 Å². The number of hydrogen-bond acceptors (Lipinski definition) is 5. The number of carboxylic acids is 1. The van der Waals surface area contributed by atoms with Crippen molar-refractivity contribution in [2.24, 2.45) is 5.92 Å². The van der Waals surface area contributed by atoms with Crippen molar-refractivity contribution in [2.75, 3.05) is 31.3 Å². The summed E-state index contributed by atoms with van der Waals surface area (Å²) in [5.41, 5.74) is 6.10. The first-order valence-corrected chi connectivity index (χ1v) is 5.27. The molecule has 1 unspecified atom stereocenters. The van der Waals surface area contributed by atoms with E-state index in [1.807, 2.05) is 6.92 Å². The summed E-state index contributed by atoms with van der Waals surface area (Å²) in [5.74, 6) is -0.388. The number of nitrogens with two attached hydrogens (primary N) is 1. The molecule has 1 atom stereocenters. The lowest BCUT2D eigenvalue weighted by molar-refractivity contribution is 0.0690. The SMILES string of the molecule is COCC(C)CNc1nc(C(=O)O)ccc1N. The van der Waals surface area contributed by atoms with Gasteiger partial charge in [-0.25, -0.2) is 9.78 Å². The maximum Gasteiger partial charge on any atom is 0.354 e. The zero-order chi connectivity index (χ0) is 12.8. The molecular weight excluding hydrogens is 222 g/mol. The Morgan fingerprint density at radius 3 is 2.94 bits per heavy atom. The molecule has 6 heteroatoms. The summed E-state index contributed by atoms with van der Waals surface area (Å²) in [4.78, 5) is 14.7. The summed E-state index contributed by atoms with van der Waals surface area (Å²) in [7, 11) is 1.63. The van der Waals surface area contributed by atoms with Crippen LogP contribution >= 0.6 is 0 Å². The monoisotopic (exact) mass is 239 g/mol. The average Bonchev–Trinajstić information content (AvgIpc) is 2.28. The lowest BCUT2D eigenvalue weighted by atomic mass is 10.2. The van der Waals surface area contributed by atoms with E-state index in [9.17, 15) is 4.79 Å². The van der Waals surface area contributed by atoms with Gasteiger partial charge in [0.05, 0.1) is 12.3 Å². The number of rotatable bonds is 6. The maximum absolute atomic E-state index is 10.8. The Morgan fingerprint density at radius 1 is 1.65 bits per heavy atom. The fraction of sp³-hybridized carbons (Fsp3) is 0.455. The molecule has 0 radical (unpaired) electrons. The van der Waals surface area contributed by atoms with Crippen LogP contribution in [0.1, 0.15) is 17.4 Å². The number of aromatic nitrogens is 1. The van der Waals surface area contributed by atoms with Crippen LogP contribution in [-0.2, 0) is 4.74 Å². The smallest absolute Gasteiger partial charge is 0.354 e. The van der Waals surface area contributed by atoms with Gasteiger partial charge in [-0.05, 0) is 18.1 Å². The Labute approximate surface area is 99.8 Å². The Bertz CT molecular complexity index is 396. The van der Waals surface area contributed by atoms with Crippen LogP contribution < -0.4 is 11.1 Å². The van der Waals surface area contributed by atoms with Crippen LogP contribution in [0.3, 0.4) is 0 Å². The number of nitrogens with zero attached hydrogens (tertiary/aromatic N) is 1. The molecule has 0 saturated heterocycles. The van der Waals surface area contributed by atoms with Gasteiger partial charge in [-0.15, -0.1) is 0 Å². The number of pyridine rings is 1. The number of methoxy groups -OCH3 is 1. The van der Waals surface area contributed by atoms with Crippen molar-refractivity contribution in [3.8, 4) is 0 Å². The largest absolute Gasteiger partial charge is 0.477 e. The molecule has 0 aliphatic rings. The van der Waals surface area contributed by atoms with Crippen molar-refractivity contribution in [1.29, 1.82) is 0 Å². The van der Waals surface area contributed by atoms with E-state index in [2.05, 4.69) is 10.3 Å². The van der Waals surface area contributed by atoms with Crippen LogP contribution in [0, 0.1) is 5.92 Å². The van der Waals surface area contributed by atoms with Crippen LogP contribution in [-0.4, -0.2) is 36.3 Å². The lowest BCUT2D eigenvalue weighted by Crippen LogP contribution is -2.18. The van der Waals surface area contributed by atoms with Gasteiger partial charge in [-0.2, -0.15) is 0 Å². The van der Waals surface area contributed by atoms with Gasteiger partial charge in [0, 0.05) is 13.7 Å². The summed E-state index contributed by atoms with van der Waals surface area (Å²) >= 11 is 0. The van der Waals surface area contributed by atoms with E-state index < -0.39 is 5.97 Å². The van der Waals surface area contributed by atoms with Crippen molar-refractivity contribution in [1.82, 2.24) is 4.98 Å². The summed E-state index contributed by atoms with van der Waals surface area (Å²) in [5, 5.41) is 11.8. The number of carbonyl (C=O) groups is 1. The molecule has 0 spiro atoms. The molecule has 0 saturated carbocycles. The molecule has 6 nitrogen and oxygen atoms in total. The van der Waals surface area contributed by atoms with E-state index in [-0.39, 0.29) is 11.6 Å². The fourth-order valence-electron chi connectivity index (χ4n) is 1.34. The summed E-state index contributed by atoms with van der Waals surface area (Å²) in [6, 6.07) is 2.90. The molecule has 1 aromatic heterocycles. The predicted molar refractivity (Wildman–Crippen MR) is 65.1 cm³/mol. The van der Waals surface area contributed by atoms with Gasteiger partial charge in [-0.3, -0.25) is 0 Å². The third-order valence-electron chi connectivity index (χ3n) is 2.21. The zero-order valence-corrected chi connectivity index (χ0v) is 9.93. The maximum atomic E-state index is 10.8. The van der Waals surface area contributed by atoms with Crippen LogP contribution in [0.4, 0.5) is 11.5 Å². The zero-order valence-electron chi connectivity index (χ0n) is 9.93. The predicted octanol–water partition coefficient (Wildman–Crippen LogP) is 1.06. The molecule has 0 aliphatic carbocycles. The number of ether oxygens (including phenoxy) is 1. The highest BCUT2D eigenvalue weighted by atomic mass is 16.5. The fourth-order valence-corrected chi connectivity index (χ4v) is 1.34. The number of nitrogen functional groups attached to an aromatic ring is 1. The summed E-state index contributed by atoms with van der Waals surface area (Å²) in [6.45, 7) is 3.24. The lowest BCUT2D eigenvalue weighted by Gasteiger charge is -2.13. The summed E-state index contributed by atoms with van der Waals surface area (Å²) in [6.07, 6.45) is 0. The van der Waals surface area contributed by atoms with Crippen LogP contribution in [0.15, 0.2) is 12.1 Å². The quantitative estimate of drug-likeness (QED) is 0.686. The molecule has 1 rings (SSSR count). The van der Waals surface area contributed by atoms with Gasteiger partial charge in [0.2, 0.25) is 0 Å². The van der Waals surface area contributed by atoms with Crippen molar-refractivity contribution in [3.05, 3.63) is 17.8 Å². The second-order valence-electron chi connectivity index (χ2n) is 3.88. The third-order valence-corrected chi connectivity index (χ3v) is 2.21. The van der Waals surface area contributed by atoms with Crippen LogP contribution in [0.25, 0.3) is 0 Å². The average molecular weight is 239 g/mol. The minimum absolute atomic E-state index is 0.0268. The Morgan fingerprint density at radius 2 is 2.35 bits per heavy atom. The number of hydrogen-bond donors (Lipinski definition) is 3. The van der Waals surface area contributed by atoms with Crippen molar-refractivity contribution >= 4 is 17.5 Å². The number of nitrogens with one attached hydrogen (secondary N) is 1. The van der Waals surface area contributed by atoms with Gasteiger partial charge < -0.3 is 20.9 Å². The first kappa shape index (κ1) is 13.2. The highest BCUT2D eigenvalue weighted by Gasteiger charge is 2.09. The Kier molecular flexibility index (Phi) is 4.71. The topological polar surface area (TPSA) is 97.5 Å². The van der Waals surface area contributed by atoms with Crippen LogP contribution in [0.5, 0.6) is 0 Å². The summed E-state index contributed by atoms with van der Waals surface area (Å²) < 4.78 is 5.00. The molecular formula is C11H17N3O3. The molecule has 17 heavy (non-hydrogen) atoms. The first-order chi connectivity index (χ1) is 8.04. The second kappa shape index (κ2) is 6.05. The second-order valence-corrected chi connectivity index (χ2v) is 3.88. The van der Waals surface area contributed by atoms with Gasteiger partial charge in [-0.1, -0.05) is 6.92 Å². The normalized spacial score (nSPS) is 12.1. The minimum Gasteiger partial charge on any atom is -0.477 e. The van der Waals surface area contributed by atoms with E-state index in [1.165, 1.54) is 12.1 Å². The number of aromatic carboxylic acids is 1. The van der Waals surface area contributed by atoms with E-state index in [0.29, 0.717) is 24.7 Å². The third kappa shape index (κ3) is 3.92. The molecule has 1 aromatic rings. The van der Waals surface area contributed by atoms with E-state index >= 15 is 0 Å². The molecule has 0 aliphatic heterocycles. The van der Waals surface area contributed by atoms with E-state index in [1.54, 1.807) is 7.11 Å². The molecule has 0 aromatic carbocycles. The van der Waals surface area contributed by atoms with Gasteiger partial charge in [0.25, 0.3) is 0 Å². The van der Waals surface area contributed by atoms with Gasteiger partial charge in [0.15, 0.2) is 5.69 Å². The standard InChI is InChI=1S/C11H17N3O3/c1-7(6-17-2)5-13-10-8(12)3-4-9(14-10)11(15)16/h3-4,7H,5-6,12H2,1-2H3,(H,13,14)(H,15,16). The molecule has 0 bridgehead atoms. The van der Waals surface area contributed by atoms with Crippen LogP contribution in [0.2, 0.25) is 0 Å². The molecule has 94 valence electrons. The molecule has 4 N–H and O–H groups in total. The highest BCUT2D eigenvalue weighted by Crippen LogP contribution is 2.16. The van der Waals surface area contributed by atoms with Crippen molar-refractivity contribution in [3.63, 3.8) is 0 Å². The van der Waals surface area contributed by atoms with Gasteiger partial charge >= 0.3 is 5.97 Å².